The lowest BCUT2D eigenvalue weighted by Gasteiger charge is -2.10. The third-order valence-electron chi connectivity index (χ3n) is 4.70. The molecule has 0 spiro atoms. The van der Waals surface area contributed by atoms with Crippen LogP contribution in [-0.2, 0) is 7.05 Å². The number of ether oxygens (including phenoxy) is 2. The first kappa shape index (κ1) is 20.3. The summed E-state index contributed by atoms with van der Waals surface area (Å²) in [6.45, 7) is 1.90. The van der Waals surface area contributed by atoms with E-state index in [-0.39, 0.29) is 17.4 Å². The van der Waals surface area contributed by atoms with Crippen LogP contribution < -0.4 is 14.8 Å². The second kappa shape index (κ2) is 8.05. The molecule has 8 nitrogen and oxygen atoms in total. The number of halogens is 2. The Balaban J connectivity index is 1.68. The molecule has 0 aliphatic carbocycles. The molecule has 0 saturated carbocycles. The molecule has 0 unspecified atom stereocenters. The van der Waals surface area contributed by atoms with E-state index in [2.05, 4.69) is 20.4 Å². The molecule has 4 aromatic rings. The van der Waals surface area contributed by atoms with Crippen LogP contribution in [0.15, 0.2) is 42.9 Å². The Hall–Kier alpha value is -3.95. The van der Waals surface area contributed by atoms with Crippen molar-refractivity contribution in [3.8, 4) is 28.6 Å². The van der Waals surface area contributed by atoms with Gasteiger partial charge in [-0.05, 0) is 37.3 Å². The number of anilines is 2. The van der Waals surface area contributed by atoms with E-state index in [9.17, 15) is 8.78 Å². The van der Waals surface area contributed by atoms with Crippen molar-refractivity contribution in [2.75, 3.05) is 19.5 Å². The maximum Gasteiger partial charge on any atom is 0.226 e. The van der Waals surface area contributed by atoms with Crippen LogP contribution in [-0.4, -0.2) is 38.5 Å². The second-order valence-corrected chi connectivity index (χ2v) is 6.76. The number of methoxy groups -OCH3 is 2. The van der Waals surface area contributed by atoms with Gasteiger partial charge in [0.1, 0.15) is 17.3 Å². The van der Waals surface area contributed by atoms with Gasteiger partial charge in [0.2, 0.25) is 5.95 Å². The van der Waals surface area contributed by atoms with Crippen LogP contribution in [0, 0.1) is 18.6 Å². The van der Waals surface area contributed by atoms with E-state index >= 15 is 0 Å². The number of nitrogens with one attached hydrogen (secondary N) is 1. The van der Waals surface area contributed by atoms with Gasteiger partial charge in [-0.25, -0.2) is 18.4 Å². The van der Waals surface area contributed by atoms with Crippen molar-refractivity contribution >= 4 is 11.6 Å². The summed E-state index contributed by atoms with van der Waals surface area (Å²) in [6, 6.07) is 7.81. The first-order chi connectivity index (χ1) is 14.9. The molecule has 2 aromatic carbocycles. The smallest absolute Gasteiger partial charge is 0.226 e. The number of rotatable bonds is 6. The molecule has 2 aromatic heterocycles. The van der Waals surface area contributed by atoms with Crippen LogP contribution in [0.2, 0.25) is 0 Å². The quantitative estimate of drug-likeness (QED) is 0.502. The molecule has 0 fully saturated rings. The van der Waals surface area contributed by atoms with E-state index in [0.717, 1.165) is 17.4 Å². The summed E-state index contributed by atoms with van der Waals surface area (Å²) in [5.74, 6) is -0.587. The van der Waals surface area contributed by atoms with E-state index in [4.69, 9.17) is 9.47 Å². The molecule has 1 N–H and O–H groups in total. The lowest BCUT2D eigenvalue weighted by Crippen LogP contribution is -2.05. The normalized spacial score (nSPS) is 10.9. The molecule has 0 amide bonds. The molecule has 10 heteroatoms. The van der Waals surface area contributed by atoms with Gasteiger partial charge in [0.15, 0.2) is 17.4 Å². The summed E-state index contributed by atoms with van der Waals surface area (Å²) < 4.78 is 42.3. The summed E-state index contributed by atoms with van der Waals surface area (Å²) in [5, 5.41) is 7.01. The number of hydrogen-bond acceptors (Lipinski definition) is 6. The van der Waals surface area contributed by atoms with Gasteiger partial charge in [-0.2, -0.15) is 4.98 Å². The zero-order chi connectivity index (χ0) is 22.1. The van der Waals surface area contributed by atoms with E-state index in [0.29, 0.717) is 17.1 Å². The molecule has 4 rings (SSSR count). The predicted octanol–water partition coefficient (Wildman–Crippen LogP) is 4.02. The van der Waals surface area contributed by atoms with Crippen LogP contribution in [0.5, 0.6) is 11.5 Å². The average molecular weight is 426 g/mol. The second-order valence-electron chi connectivity index (χ2n) is 6.76. The minimum atomic E-state index is -0.853. The van der Waals surface area contributed by atoms with Crippen molar-refractivity contribution in [1.82, 2.24) is 24.3 Å². The van der Waals surface area contributed by atoms with E-state index in [1.54, 1.807) is 26.6 Å². The van der Waals surface area contributed by atoms with Crippen molar-refractivity contribution in [1.29, 1.82) is 0 Å². The number of aromatic nitrogens is 5. The molecule has 0 aliphatic heterocycles. The molecule has 0 radical (unpaired) electrons. The molecular weight excluding hydrogens is 406 g/mol. The third-order valence-corrected chi connectivity index (χ3v) is 4.70. The Morgan fingerprint density at radius 1 is 1.03 bits per heavy atom. The fraction of sp³-hybridized carbons (Fsp3) is 0.190. The van der Waals surface area contributed by atoms with Gasteiger partial charge in [0, 0.05) is 18.8 Å². The van der Waals surface area contributed by atoms with Crippen LogP contribution in [0.3, 0.4) is 0 Å². The van der Waals surface area contributed by atoms with E-state index in [1.165, 1.54) is 17.9 Å². The van der Waals surface area contributed by atoms with Gasteiger partial charge < -0.3 is 19.4 Å². The highest BCUT2D eigenvalue weighted by atomic mass is 19.1. The van der Waals surface area contributed by atoms with E-state index in [1.807, 2.05) is 29.8 Å². The minimum absolute atomic E-state index is 0.0821. The molecule has 160 valence electrons. The van der Waals surface area contributed by atoms with Crippen molar-refractivity contribution in [2.45, 2.75) is 6.92 Å². The lowest BCUT2D eigenvalue weighted by atomic mass is 10.1. The fourth-order valence-electron chi connectivity index (χ4n) is 3.12. The molecule has 0 aliphatic rings. The summed E-state index contributed by atoms with van der Waals surface area (Å²) in [5.41, 5.74) is 1.99. The van der Waals surface area contributed by atoms with Gasteiger partial charge in [-0.3, -0.25) is 0 Å². The van der Waals surface area contributed by atoms with Crippen molar-refractivity contribution in [2.24, 2.45) is 7.05 Å². The standard InChI is InChI=1S/C21H20F2N6O2/c1-12-10-29(11-24-12)15-7-5-13(9-17(15)31-4)20-26-21(28(2)27-20)25-19-14(22)6-8-16(30-3)18(19)23/h5-11H,1-4H3,(H,25,26,27). The number of imidazole rings is 1. The fourth-order valence-corrected chi connectivity index (χ4v) is 3.12. The summed E-state index contributed by atoms with van der Waals surface area (Å²) in [6.07, 6.45) is 3.58. The minimum Gasteiger partial charge on any atom is -0.495 e. The zero-order valence-corrected chi connectivity index (χ0v) is 17.3. The molecule has 0 bridgehead atoms. The zero-order valence-electron chi connectivity index (χ0n) is 17.3. The van der Waals surface area contributed by atoms with Gasteiger partial charge in [0.25, 0.3) is 0 Å². The molecule has 2 heterocycles. The average Bonchev–Trinajstić information content (AvgIpc) is 3.36. The van der Waals surface area contributed by atoms with Crippen molar-refractivity contribution in [3.63, 3.8) is 0 Å². The molecule has 31 heavy (non-hydrogen) atoms. The monoisotopic (exact) mass is 426 g/mol. The van der Waals surface area contributed by atoms with Crippen LogP contribution in [0.25, 0.3) is 17.1 Å². The van der Waals surface area contributed by atoms with Gasteiger partial charge in [0.05, 0.1) is 31.9 Å². The van der Waals surface area contributed by atoms with E-state index < -0.39 is 11.6 Å². The van der Waals surface area contributed by atoms with Gasteiger partial charge in [-0.1, -0.05) is 0 Å². The van der Waals surface area contributed by atoms with Gasteiger partial charge in [-0.15, -0.1) is 5.10 Å². The Kier molecular flexibility index (Phi) is 5.28. The number of hydrogen-bond donors (Lipinski definition) is 1. The van der Waals surface area contributed by atoms with Crippen LogP contribution in [0.4, 0.5) is 20.4 Å². The Morgan fingerprint density at radius 3 is 2.48 bits per heavy atom. The summed E-state index contributed by atoms with van der Waals surface area (Å²) >= 11 is 0. The van der Waals surface area contributed by atoms with Crippen molar-refractivity contribution < 1.29 is 18.3 Å². The summed E-state index contributed by atoms with van der Waals surface area (Å²) in [4.78, 5) is 8.62. The highest BCUT2D eigenvalue weighted by molar-refractivity contribution is 5.65. The Labute approximate surface area is 177 Å². The van der Waals surface area contributed by atoms with Crippen LogP contribution in [0.1, 0.15) is 5.69 Å². The Bertz CT molecular complexity index is 1250. The maximum absolute atomic E-state index is 14.5. The maximum atomic E-state index is 14.5. The predicted molar refractivity (Wildman–Crippen MR) is 111 cm³/mol. The number of benzene rings is 2. The largest absolute Gasteiger partial charge is 0.495 e. The Morgan fingerprint density at radius 2 is 1.81 bits per heavy atom. The topological polar surface area (TPSA) is 79.0 Å². The van der Waals surface area contributed by atoms with Crippen molar-refractivity contribution in [3.05, 3.63) is 60.2 Å². The molecule has 0 saturated heterocycles. The summed E-state index contributed by atoms with van der Waals surface area (Å²) in [7, 11) is 4.50. The third kappa shape index (κ3) is 3.79. The first-order valence-electron chi connectivity index (χ1n) is 9.30. The van der Waals surface area contributed by atoms with Crippen LogP contribution >= 0.6 is 0 Å². The SMILES string of the molecule is COc1cc(-c2nc(Nc3c(F)ccc(OC)c3F)n(C)n2)ccc1-n1cnc(C)c1. The van der Waals surface area contributed by atoms with Gasteiger partial charge >= 0.3 is 0 Å². The lowest BCUT2D eigenvalue weighted by molar-refractivity contribution is 0.385. The highest BCUT2D eigenvalue weighted by Crippen LogP contribution is 2.32. The first-order valence-corrected chi connectivity index (χ1v) is 9.30. The highest BCUT2D eigenvalue weighted by Gasteiger charge is 2.18. The molecule has 0 atom stereocenters. The molecular formula is C21H20F2N6O2. The number of aryl methyl sites for hydroxylation is 2. The number of nitrogens with zero attached hydrogens (tertiary/aromatic N) is 5.